The molecule has 128 valence electrons. The molecule has 0 radical (unpaired) electrons. The van der Waals surface area contributed by atoms with E-state index in [0.29, 0.717) is 22.3 Å². The first kappa shape index (κ1) is 15.9. The summed E-state index contributed by atoms with van der Waals surface area (Å²) < 4.78 is 0. The van der Waals surface area contributed by atoms with E-state index in [1.165, 1.54) is 6.20 Å². The molecular formula is C18H15N7O. The first-order chi connectivity index (χ1) is 12.7. The smallest absolute Gasteiger partial charge is 0.266 e. The average Bonchev–Trinajstić information content (AvgIpc) is 3.16. The molecule has 0 atom stereocenters. The van der Waals surface area contributed by atoms with Gasteiger partial charge >= 0.3 is 0 Å². The van der Waals surface area contributed by atoms with Crippen molar-refractivity contribution in [3.05, 3.63) is 60.0 Å². The Morgan fingerprint density at radius 3 is 2.77 bits per heavy atom. The summed E-state index contributed by atoms with van der Waals surface area (Å²) in [7, 11) is 0. The number of hydrazine groups is 1. The van der Waals surface area contributed by atoms with Crippen molar-refractivity contribution in [3.63, 3.8) is 0 Å². The molecular weight excluding hydrogens is 330 g/mol. The number of hydrogen-bond acceptors (Lipinski definition) is 6. The van der Waals surface area contributed by atoms with Crippen LogP contribution < -0.4 is 11.3 Å². The zero-order chi connectivity index (χ0) is 18.1. The van der Waals surface area contributed by atoms with E-state index in [4.69, 9.17) is 5.84 Å². The van der Waals surface area contributed by atoms with Crippen LogP contribution in [0.2, 0.25) is 0 Å². The van der Waals surface area contributed by atoms with E-state index < -0.39 is 5.91 Å². The van der Waals surface area contributed by atoms with E-state index in [1.807, 2.05) is 37.3 Å². The van der Waals surface area contributed by atoms with E-state index >= 15 is 0 Å². The van der Waals surface area contributed by atoms with Gasteiger partial charge in [-0.05, 0) is 37.3 Å². The molecule has 0 fully saturated rings. The van der Waals surface area contributed by atoms with Crippen molar-refractivity contribution in [1.82, 2.24) is 30.6 Å². The molecule has 0 unspecified atom stereocenters. The third kappa shape index (κ3) is 2.78. The van der Waals surface area contributed by atoms with Gasteiger partial charge in [0.15, 0.2) is 0 Å². The highest BCUT2D eigenvalue weighted by Crippen LogP contribution is 2.29. The van der Waals surface area contributed by atoms with Crippen molar-refractivity contribution in [2.75, 3.05) is 0 Å². The summed E-state index contributed by atoms with van der Waals surface area (Å²) in [5.74, 6) is 4.77. The standard InChI is InChI=1S/C18H15N7O/c1-10-3-2-4-15(22-10)17-12(9-21-25-17)13-5-6-14-16(23-13)7-11(8-20-14)18(26)24-19/h2-9H,19H2,1H3,(H,21,25)(H,24,26). The van der Waals surface area contributed by atoms with Crippen LogP contribution in [0, 0.1) is 6.92 Å². The number of aromatic nitrogens is 5. The number of rotatable bonds is 3. The fourth-order valence-corrected chi connectivity index (χ4v) is 2.72. The lowest BCUT2D eigenvalue weighted by Crippen LogP contribution is -2.30. The first-order valence-corrected chi connectivity index (χ1v) is 7.91. The predicted molar refractivity (Wildman–Crippen MR) is 96.7 cm³/mol. The third-order valence-corrected chi connectivity index (χ3v) is 3.99. The zero-order valence-corrected chi connectivity index (χ0v) is 13.9. The van der Waals surface area contributed by atoms with Crippen LogP contribution in [0.15, 0.2) is 48.8 Å². The van der Waals surface area contributed by atoms with Crippen molar-refractivity contribution in [2.24, 2.45) is 5.84 Å². The van der Waals surface area contributed by atoms with E-state index in [-0.39, 0.29) is 0 Å². The molecule has 0 aliphatic rings. The summed E-state index contributed by atoms with van der Waals surface area (Å²) in [5, 5.41) is 7.13. The monoisotopic (exact) mass is 345 g/mol. The summed E-state index contributed by atoms with van der Waals surface area (Å²) in [6, 6.07) is 11.2. The summed E-state index contributed by atoms with van der Waals surface area (Å²) in [5.41, 5.74) is 7.72. The number of carbonyl (C=O) groups excluding carboxylic acids is 1. The average molecular weight is 345 g/mol. The molecule has 0 aromatic carbocycles. The number of nitrogen functional groups attached to an aromatic ring is 1. The molecule has 26 heavy (non-hydrogen) atoms. The van der Waals surface area contributed by atoms with Gasteiger partial charge in [-0.25, -0.2) is 10.8 Å². The van der Waals surface area contributed by atoms with Gasteiger partial charge in [0.25, 0.3) is 5.91 Å². The van der Waals surface area contributed by atoms with Crippen LogP contribution in [0.4, 0.5) is 0 Å². The number of fused-ring (bicyclic) bond motifs is 1. The predicted octanol–water partition coefficient (Wildman–Crippen LogP) is 1.99. The summed E-state index contributed by atoms with van der Waals surface area (Å²) >= 11 is 0. The van der Waals surface area contributed by atoms with Crippen molar-refractivity contribution >= 4 is 16.9 Å². The Balaban J connectivity index is 1.83. The van der Waals surface area contributed by atoms with Crippen LogP contribution in [-0.4, -0.2) is 31.1 Å². The fraction of sp³-hybridized carbons (Fsp3) is 0.0556. The van der Waals surface area contributed by atoms with Crippen LogP contribution >= 0.6 is 0 Å². The number of amides is 1. The van der Waals surface area contributed by atoms with E-state index in [9.17, 15) is 4.79 Å². The van der Waals surface area contributed by atoms with Gasteiger partial charge in [-0.3, -0.25) is 25.3 Å². The second-order valence-corrected chi connectivity index (χ2v) is 5.76. The Morgan fingerprint density at radius 1 is 1.08 bits per heavy atom. The highest BCUT2D eigenvalue weighted by molar-refractivity contribution is 5.96. The molecule has 4 aromatic rings. The largest absolute Gasteiger partial charge is 0.290 e. The Kier molecular flexibility index (Phi) is 3.86. The van der Waals surface area contributed by atoms with Crippen LogP contribution in [0.1, 0.15) is 16.1 Å². The van der Waals surface area contributed by atoms with Gasteiger partial charge in [0.2, 0.25) is 0 Å². The molecule has 8 nitrogen and oxygen atoms in total. The molecule has 0 aliphatic carbocycles. The highest BCUT2D eigenvalue weighted by atomic mass is 16.2. The minimum Gasteiger partial charge on any atom is -0.290 e. The van der Waals surface area contributed by atoms with E-state index in [0.717, 1.165) is 22.6 Å². The minimum atomic E-state index is -0.417. The van der Waals surface area contributed by atoms with E-state index in [2.05, 4.69) is 30.6 Å². The van der Waals surface area contributed by atoms with Crippen LogP contribution in [0.5, 0.6) is 0 Å². The Hall–Kier alpha value is -3.65. The van der Waals surface area contributed by atoms with Crippen LogP contribution in [0.25, 0.3) is 33.7 Å². The lowest BCUT2D eigenvalue weighted by molar-refractivity contribution is 0.0953. The number of nitrogens with zero attached hydrogens (tertiary/aromatic N) is 4. The molecule has 0 saturated heterocycles. The van der Waals surface area contributed by atoms with Gasteiger partial charge in [0, 0.05) is 17.5 Å². The molecule has 4 rings (SSSR count). The number of nitrogens with two attached hydrogens (primary N) is 1. The normalized spacial score (nSPS) is 10.8. The highest BCUT2D eigenvalue weighted by Gasteiger charge is 2.14. The van der Waals surface area contributed by atoms with Gasteiger partial charge in [-0.15, -0.1) is 0 Å². The maximum atomic E-state index is 11.7. The maximum absolute atomic E-state index is 11.7. The number of pyridine rings is 3. The van der Waals surface area contributed by atoms with Crippen LogP contribution in [-0.2, 0) is 0 Å². The fourth-order valence-electron chi connectivity index (χ4n) is 2.72. The van der Waals surface area contributed by atoms with Gasteiger partial charge in [0.05, 0.1) is 39.9 Å². The number of carbonyl (C=O) groups is 1. The third-order valence-electron chi connectivity index (χ3n) is 3.99. The lowest BCUT2D eigenvalue weighted by atomic mass is 10.1. The number of aryl methyl sites for hydroxylation is 1. The quantitative estimate of drug-likeness (QED) is 0.296. The molecule has 0 bridgehead atoms. The second kappa shape index (κ2) is 6.34. The molecule has 4 N–H and O–H groups in total. The Bertz CT molecular complexity index is 1120. The topological polar surface area (TPSA) is 122 Å². The van der Waals surface area contributed by atoms with Gasteiger partial charge in [-0.2, -0.15) is 5.10 Å². The molecule has 4 heterocycles. The number of H-pyrrole nitrogens is 1. The summed E-state index contributed by atoms with van der Waals surface area (Å²) in [4.78, 5) is 25.1. The lowest BCUT2D eigenvalue weighted by Gasteiger charge is -2.06. The molecule has 4 aromatic heterocycles. The van der Waals surface area contributed by atoms with Crippen molar-refractivity contribution < 1.29 is 4.79 Å². The van der Waals surface area contributed by atoms with E-state index in [1.54, 1.807) is 12.3 Å². The zero-order valence-electron chi connectivity index (χ0n) is 13.9. The number of hydrogen-bond donors (Lipinski definition) is 3. The van der Waals surface area contributed by atoms with Crippen molar-refractivity contribution in [1.29, 1.82) is 0 Å². The van der Waals surface area contributed by atoms with Gasteiger partial charge in [0.1, 0.15) is 0 Å². The van der Waals surface area contributed by atoms with Crippen molar-refractivity contribution in [3.8, 4) is 22.6 Å². The van der Waals surface area contributed by atoms with Crippen molar-refractivity contribution in [2.45, 2.75) is 6.92 Å². The Labute approximate surface area is 148 Å². The SMILES string of the molecule is Cc1cccc(-c2[nH]ncc2-c2ccc3ncc(C(=O)NN)cc3n2)n1. The first-order valence-electron chi connectivity index (χ1n) is 7.91. The van der Waals surface area contributed by atoms with Gasteiger partial charge < -0.3 is 0 Å². The minimum absolute atomic E-state index is 0.345. The molecule has 8 heteroatoms. The Morgan fingerprint density at radius 2 is 1.96 bits per heavy atom. The maximum Gasteiger partial charge on any atom is 0.266 e. The molecule has 0 aliphatic heterocycles. The second-order valence-electron chi connectivity index (χ2n) is 5.76. The van der Waals surface area contributed by atoms with Crippen LogP contribution in [0.3, 0.4) is 0 Å². The summed E-state index contributed by atoms with van der Waals surface area (Å²) in [6.45, 7) is 1.93. The summed E-state index contributed by atoms with van der Waals surface area (Å²) in [6.07, 6.45) is 3.17. The molecule has 0 spiro atoms. The number of nitrogens with one attached hydrogen (secondary N) is 2. The molecule has 0 saturated carbocycles. The molecule has 1 amide bonds. The number of aromatic amines is 1. The van der Waals surface area contributed by atoms with Gasteiger partial charge in [-0.1, -0.05) is 6.07 Å².